The lowest BCUT2D eigenvalue weighted by molar-refractivity contribution is -0.144. The zero-order chi connectivity index (χ0) is 25.4. The highest BCUT2D eigenvalue weighted by molar-refractivity contribution is 5.85. The van der Waals surface area contributed by atoms with Crippen LogP contribution in [0.3, 0.4) is 0 Å². The van der Waals surface area contributed by atoms with E-state index < -0.39 is 40.7 Å². The highest BCUT2D eigenvalue weighted by atomic mass is 19.4. The van der Waals surface area contributed by atoms with Crippen LogP contribution in [-0.4, -0.2) is 11.5 Å². The number of hydrogen-bond donors (Lipinski definition) is 1. The molecule has 1 aromatic heterocycles. The van der Waals surface area contributed by atoms with Crippen molar-refractivity contribution >= 4 is 16.6 Å². The van der Waals surface area contributed by atoms with E-state index in [1.165, 1.54) is 37.3 Å². The van der Waals surface area contributed by atoms with Crippen molar-refractivity contribution in [1.29, 1.82) is 0 Å². The fraction of sp³-hybridized carbons (Fsp3) is 0.200. The Bertz CT molecular complexity index is 1300. The first-order chi connectivity index (χ1) is 16.5. The summed E-state index contributed by atoms with van der Waals surface area (Å²) in [5.41, 5.74) is -1.49. The molecule has 183 valence electrons. The average Bonchev–Trinajstić information content (AvgIpc) is 3.17. The van der Waals surface area contributed by atoms with Crippen molar-refractivity contribution in [3.63, 3.8) is 0 Å². The summed E-state index contributed by atoms with van der Waals surface area (Å²) in [7, 11) is 0. The number of halogens is 7. The first kappa shape index (κ1) is 24.4. The number of aromatic amines is 1. The van der Waals surface area contributed by atoms with Crippen LogP contribution in [0, 0.1) is 5.82 Å². The Kier molecular flexibility index (Phi) is 6.40. The first-order valence-corrected chi connectivity index (χ1v) is 10.5. The maximum Gasteiger partial charge on any atom is 0.420 e. The van der Waals surface area contributed by atoms with Crippen molar-refractivity contribution in [1.82, 2.24) is 10.3 Å². The molecule has 0 saturated heterocycles. The molecule has 0 bridgehead atoms. The summed E-state index contributed by atoms with van der Waals surface area (Å²) >= 11 is 0. The third kappa shape index (κ3) is 5.36. The fourth-order valence-electron chi connectivity index (χ4n) is 3.73. The minimum Gasteiger partial charge on any atom is -0.456 e. The molecule has 0 aliphatic carbocycles. The molecule has 1 heterocycles. The Morgan fingerprint density at radius 1 is 0.857 bits per heavy atom. The molecule has 1 N–H and O–H groups in total. The number of benzene rings is 3. The number of rotatable bonds is 6. The number of hydrogen-bond acceptors (Lipinski definition) is 1. The minimum atomic E-state index is -5.11. The standard InChI is InChI=1S/C25H18F7N2O/c1-2-33-17-10-20(24(27,28)29)23(21(11-17)25(30,31)32)35-18-7-8-22-19(12-18)15(13-34-22)9-14-3-5-16(26)6-4-14/h3-8,10-13,34H,2,9H2,1H3. The number of nitrogens with zero attached hydrogens (tertiary/aromatic N) is 1. The summed E-state index contributed by atoms with van der Waals surface area (Å²) in [5, 5.41) is 4.26. The van der Waals surface area contributed by atoms with Gasteiger partial charge in [-0.25, -0.2) is 4.39 Å². The summed E-state index contributed by atoms with van der Waals surface area (Å²) in [6, 6.07) is 11.0. The Morgan fingerprint density at radius 3 is 2.06 bits per heavy atom. The van der Waals surface area contributed by atoms with Gasteiger partial charge in [-0.15, -0.1) is 0 Å². The molecule has 0 aliphatic rings. The Morgan fingerprint density at radius 2 is 1.49 bits per heavy atom. The molecule has 0 fully saturated rings. The number of fused-ring (bicyclic) bond motifs is 1. The zero-order valence-electron chi connectivity index (χ0n) is 18.2. The van der Waals surface area contributed by atoms with Gasteiger partial charge in [-0.2, -0.15) is 26.3 Å². The van der Waals surface area contributed by atoms with E-state index in [0.717, 1.165) is 5.56 Å². The van der Waals surface area contributed by atoms with Gasteiger partial charge in [-0.05, 0) is 66.9 Å². The van der Waals surface area contributed by atoms with Crippen LogP contribution in [-0.2, 0) is 18.8 Å². The van der Waals surface area contributed by atoms with Crippen LogP contribution in [0.25, 0.3) is 10.9 Å². The second-order valence-electron chi connectivity index (χ2n) is 7.77. The molecule has 0 saturated carbocycles. The number of ether oxygens (including phenoxy) is 1. The molecule has 0 amide bonds. The molecular weight excluding hydrogens is 477 g/mol. The summed E-state index contributed by atoms with van der Waals surface area (Å²) in [5.74, 6) is -1.94. The molecule has 0 spiro atoms. The minimum absolute atomic E-state index is 0.00971. The molecule has 0 unspecified atom stereocenters. The predicted molar refractivity (Wildman–Crippen MR) is 116 cm³/mol. The van der Waals surface area contributed by atoms with Crippen molar-refractivity contribution in [2.45, 2.75) is 25.7 Å². The van der Waals surface area contributed by atoms with Gasteiger partial charge in [0.25, 0.3) is 0 Å². The molecule has 1 radical (unpaired) electrons. The van der Waals surface area contributed by atoms with Gasteiger partial charge in [0.2, 0.25) is 0 Å². The van der Waals surface area contributed by atoms with Gasteiger partial charge in [0.15, 0.2) is 5.75 Å². The molecule has 0 aliphatic heterocycles. The molecule has 3 nitrogen and oxygen atoms in total. The van der Waals surface area contributed by atoms with E-state index in [-0.39, 0.29) is 12.3 Å². The van der Waals surface area contributed by atoms with Crippen molar-refractivity contribution < 1.29 is 35.5 Å². The van der Waals surface area contributed by atoms with Crippen LogP contribution in [0.5, 0.6) is 11.5 Å². The van der Waals surface area contributed by atoms with Gasteiger partial charge >= 0.3 is 12.4 Å². The normalized spacial score (nSPS) is 12.2. The lowest BCUT2D eigenvalue weighted by Crippen LogP contribution is -2.15. The highest BCUT2D eigenvalue weighted by Crippen LogP contribution is 2.47. The van der Waals surface area contributed by atoms with Crippen LogP contribution < -0.4 is 10.1 Å². The summed E-state index contributed by atoms with van der Waals surface area (Å²) in [6.07, 6.45) is -8.19. The van der Waals surface area contributed by atoms with Gasteiger partial charge in [-0.1, -0.05) is 12.1 Å². The number of aromatic nitrogens is 1. The highest BCUT2D eigenvalue weighted by Gasteiger charge is 2.43. The van der Waals surface area contributed by atoms with E-state index in [1.807, 2.05) is 0 Å². The van der Waals surface area contributed by atoms with Crippen LogP contribution in [0.4, 0.5) is 36.4 Å². The van der Waals surface area contributed by atoms with Gasteiger partial charge in [0, 0.05) is 23.6 Å². The lowest BCUT2D eigenvalue weighted by atomic mass is 10.0. The Hall–Kier alpha value is -3.69. The molecule has 35 heavy (non-hydrogen) atoms. The third-order valence-electron chi connectivity index (χ3n) is 5.29. The van der Waals surface area contributed by atoms with Crippen LogP contribution in [0.2, 0.25) is 0 Å². The topological polar surface area (TPSA) is 39.1 Å². The predicted octanol–water partition coefficient (Wildman–Crippen LogP) is 7.98. The summed E-state index contributed by atoms with van der Waals surface area (Å²) < 4.78 is 101. The van der Waals surface area contributed by atoms with Crippen molar-refractivity contribution in [2.75, 3.05) is 6.54 Å². The molecule has 4 aromatic rings. The van der Waals surface area contributed by atoms with Gasteiger partial charge in [0.05, 0.1) is 5.69 Å². The van der Waals surface area contributed by atoms with Gasteiger partial charge in [0.1, 0.15) is 22.7 Å². The fourth-order valence-corrected chi connectivity index (χ4v) is 3.73. The van der Waals surface area contributed by atoms with Crippen molar-refractivity contribution in [2.24, 2.45) is 0 Å². The Labute approximate surface area is 195 Å². The molecule has 3 aromatic carbocycles. The van der Waals surface area contributed by atoms with Gasteiger partial charge in [-0.3, -0.25) is 5.32 Å². The van der Waals surface area contributed by atoms with Crippen molar-refractivity contribution in [3.05, 3.63) is 88.9 Å². The zero-order valence-corrected chi connectivity index (χ0v) is 18.2. The largest absolute Gasteiger partial charge is 0.456 e. The molecule has 4 rings (SSSR count). The van der Waals surface area contributed by atoms with E-state index in [9.17, 15) is 30.7 Å². The van der Waals surface area contributed by atoms with Crippen LogP contribution in [0.1, 0.15) is 29.2 Å². The average molecular weight is 495 g/mol. The maximum atomic E-state index is 13.8. The van der Waals surface area contributed by atoms with E-state index in [1.54, 1.807) is 18.3 Å². The van der Waals surface area contributed by atoms with Gasteiger partial charge < -0.3 is 9.72 Å². The number of alkyl halides is 6. The lowest BCUT2D eigenvalue weighted by Gasteiger charge is -2.20. The van der Waals surface area contributed by atoms with E-state index in [0.29, 0.717) is 35.0 Å². The maximum absolute atomic E-state index is 13.8. The number of nitrogens with one attached hydrogen (secondary N) is 1. The van der Waals surface area contributed by atoms with E-state index in [2.05, 4.69) is 10.3 Å². The second kappa shape index (κ2) is 9.16. The first-order valence-electron chi connectivity index (χ1n) is 10.5. The molecule has 10 heteroatoms. The van der Waals surface area contributed by atoms with E-state index in [4.69, 9.17) is 4.74 Å². The molecular formula is C25H18F7N2O. The quantitative estimate of drug-likeness (QED) is 0.271. The number of H-pyrrole nitrogens is 1. The summed E-state index contributed by atoms with van der Waals surface area (Å²) in [4.78, 5) is 3.00. The third-order valence-corrected chi connectivity index (χ3v) is 5.29. The second-order valence-corrected chi connectivity index (χ2v) is 7.77. The van der Waals surface area contributed by atoms with Crippen molar-refractivity contribution in [3.8, 4) is 11.5 Å². The molecule has 0 atom stereocenters. The van der Waals surface area contributed by atoms with Crippen LogP contribution in [0.15, 0.2) is 60.8 Å². The van der Waals surface area contributed by atoms with Crippen LogP contribution >= 0.6 is 0 Å². The smallest absolute Gasteiger partial charge is 0.420 e. The summed E-state index contributed by atoms with van der Waals surface area (Å²) in [6.45, 7) is 1.51. The monoisotopic (exact) mass is 495 g/mol. The van der Waals surface area contributed by atoms with E-state index >= 15 is 0 Å². The Balaban J connectivity index is 1.78. The SMILES string of the molecule is CC[N]c1cc(C(F)(F)F)c(Oc2ccc3[nH]cc(Cc4ccc(F)cc4)c3c2)c(C(F)(F)F)c1.